The van der Waals surface area contributed by atoms with E-state index in [9.17, 15) is 0 Å². The van der Waals surface area contributed by atoms with Crippen molar-refractivity contribution in [2.24, 2.45) is 0 Å². The fourth-order valence-corrected chi connectivity index (χ4v) is 3.27. The first-order chi connectivity index (χ1) is 7.00. The normalized spacial score (nSPS) is 16.2. The highest BCUT2D eigenvalue weighted by Crippen LogP contribution is 2.66. The van der Waals surface area contributed by atoms with Gasteiger partial charge in [-0.05, 0) is 6.92 Å². The highest BCUT2D eigenvalue weighted by Gasteiger charge is 2.72. The maximum absolute atomic E-state index is 5.90. The van der Waals surface area contributed by atoms with Gasteiger partial charge in [-0.1, -0.05) is 128 Å². The summed E-state index contributed by atoms with van der Waals surface area (Å²) in [5.41, 5.74) is 0. The minimum Gasteiger partial charge on any atom is -0.0985 e. The third-order valence-electron chi connectivity index (χ3n) is 1.70. The number of halogens is 11. The summed E-state index contributed by atoms with van der Waals surface area (Å²) in [7, 11) is 0. The van der Waals surface area contributed by atoms with Gasteiger partial charge < -0.3 is 0 Å². The van der Waals surface area contributed by atoms with Crippen LogP contribution in [-0.2, 0) is 0 Å². The zero-order chi connectivity index (χ0) is 14.5. The molecule has 0 aliphatic heterocycles. The zero-order valence-electron chi connectivity index (χ0n) is 7.66. The molecule has 0 aliphatic carbocycles. The summed E-state index contributed by atoms with van der Waals surface area (Å²) in [4.78, 5) is 0. The maximum atomic E-state index is 5.90. The molecule has 11 heteroatoms. The van der Waals surface area contributed by atoms with Crippen molar-refractivity contribution in [3.8, 4) is 0 Å². The minimum absolute atomic E-state index is 1.22. The van der Waals surface area contributed by atoms with E-state index in [0.717, 1.165) is 0 Å². The van der Waals surface area contributed by atoms with E-state index in [4.69, 9.17) is 128 Å². The van der Waals surface area contributed by atoms with Crippen molar-refractivity contribution in [3.05, 3.63) is 0 Å². The Morgan fingerprint density at radius 2 is 0.765 bits per heavy atom. The standard InChI is InChI=1S/C6H3Cl11/c1-2(7,8)3(9,10)4(11,12)5(13,14)6(15,16)17/h1H3. The van der Waals surface area contributed by atoms with Gasteiger partial charge in [0.15, 0.2) is 13.0 Å². The van der Waals surface area contributed by atoms with E-state index >= 15 is 0 Å². The Morgan fingerprint density at radius 3 is 0.941 bits per heavy atom. The average Bonchev–Trinajstić information content (AvgIpc) is 1.98. The van der Waals surface area contributed by atoms with Crippen LogP contribution in [0.15, 0.2) is 0 Å². The third-order valence-corrected chi connectivity index (χ3v) is 8.45. The second-order valence-electron chi connectivity index (χ2n) is 3.11. The molecule has 17 heavy (non-hydrogen) atoms. The molecule has 0 rings (SSSR count). The second kappa shape index (κ2) is 5.76. The first kappa shape index (κ1) is 20.2. The van der Waals surface area contributed by atoms with Crippen molar-refractivity contribution in [1.82, 2.24) is 0 Å². The predicted octanol–water partition coefficient (Wildman–Crippen LogP) is 7.07. The molecule has 0 nitrogen and oxygen atoms in total. The second-order valence-corrected chi connectivity index (χ2v) is 11.1. The van der Waals surface area contributed by atoms with Gasteiger partial charge in [-0.25, -0.2) is 0 Å². The van der Waals surface area contributed by atoms with E-state index in [1.807, 2.05) is 0 Å². The average molecular weight is 465 g/mol. The lowest BCUT2D eigenvalue weighted by atomic mass is 10.1. The molecule has 0 N–H and O–H groups in total. The van der Waals surface area contributed by atoms with E-state index in [-0.39, 0.29) is 0 Å². The van der Waals surface area contributed by atoms with Gasteiger partial charge in [0, 0.05) is 0 Å². The van der Waals surface area contributed by atoms with E-state index < -0.39 is 21.1 Å². The molecule has 0 fully saturated rings. The number of hydrogen-bond donors (Lipinski definition) is 0. The van der Waals surface area contributed by atoms with Crippen LogP contribution in [0.1, 0.15) is 6.92 Å². The quantitative estimate of drug-likeness (QED) is 0.392. The minimum atomic E-state index is -2.39. The molecule has 0 aliphatic rings. The zero-order valence-corrected chi connectivity index (χ0v) is 16.0. The molecule has 0 aromatic rings. The van der Waals surface area contributed by atoms with Crippen LogP contribution >= 0.6 is 128 Å². The topological polar surface area (TPSA) is 0 Å². The van der Waals surface area contributed by atoms with Crippen LogP contribution in [-0.4, -0.2) is 21.1 Å². The van der Waals surface area contributed by atoms with Crippen LogP contribution in [0.2, 0.25) is 0 Å². The van der Waals surface area contributed by atoms with Crippen molar-refractivity contribution in [1.29, 1.82) is 0 Å². The third kappa shape index (κ3) is 3.69. The molecule has 0 saturated carbocycles. The lowest BCUT2D eigenvalue weighted by Crippen LogP contribution is -2.61. The van der Waals surface area contributed by atoms with Gasteiger partial charge in [-0.3, -0.25) is 0 Å². The van der Waals surface area contributed by atoms with Gasteiger partial charge >= 0.3 is 0 Å². The molecule has 104 valence electrons. The molecule has 0 atom stereocenters. The molecule has 0 radical (unpaired) electrons. The number of hydrogen-bond acceptors (Lipinski definition) is 0. The first-order valence-electron chi connectivity index (χ1n) is 3.58. The molecule has 0 heterocycles. The maximum Gasteiger partial charge on any atom is 0.226 e. The lowest BCUT2D eigenvalue weighted by Gasteiger charge is -2.47. The Labute approximate surface area is 154 Å². The van der Waals surface area contributed by atoms with Crippen LogP contribution in [0, 0.1) is 0 Å². The first-order valence-corrected chi connectivity index (χ1v) is 7.74. The van der Waals surface area contributed by atoms with Gasteiger partial charge in [0.25, 0.3) is 0 Å². The number of rotatable bonds is 3. The Bertz CT molecular complexity index is 251. The highest BCUT2D eigenvalue weighted by molar-refractivity contribution is 6.81. The molecule has 0 saturated heterocycles. The van der Waals surface area contributed by atoms with Gasteiger partial charge in [-0.2, -0.15) is 0 Å². The summed E-state index contributed by atoms with van der Waals surface area (Å²) in [6, 6.07) is 0. The Kier molecular flexibility index (Phi) is 6.85. The fraction of sp³-hybridized carbons (Fsp3) is 1.00. The van der Waals surface area contributed by atoms with E-state index in [1.165, 1.54) is 6.92 Å². The van der Waals surface area contributed by atoms with Crippen molar-refractivity contribution in [2.75, 3.05) is 0 Å². The van der Waals surface area contributed by atoms with Crippen LogP contribution in [0.25, 0.3) is 0 Å². The summed E-state index contributed by atoms with van der Waals surface area (Å²) in [5, 5.41) is 0. The predicted molar refractivity (Wildman–Crippen MR) is 83.7 cm³/mol. The largest absolute Gasteiger partial charge is 0.226 e. The van der Waals surface area contributed by atoms with Crippen molar-refractivity contribution in [2.45, 2.75) is 28.0 Å². The van der Waals surface area contributed by atoms with Gasteiger partial charge in [0.1, 0.15) is 0 Å². The van der Waals surface area contributed by atoms with E-state index in [2.05, 4.69) is 0 Å². The van der Waals surface area contributed by atoms with Crippen molar-refractivity contribution < 1.29 is 0 Å². The molecule has 0 bridgehead atoms. The van der Waals surface area contributed by atoms with Crippen LogP contribution in [0.4, 0.5) is 0 Å². The Hall–Kier alpha value is 3.19. The Balaban J connectivity index is 5.73. The van der Waals surface area contributed by atoms with Gasteiger partial charge in [0.2, 0.25) is 8.13 Å². The fourth-order valence-electron chi connectivity index (χ4n) is 0.651. The van der Waals surface area contributed by atoms with E-state index in [0.29, 0.717) is 0 Å². The summed E-state index contributed by atoms with van der Waals surface area (Å²) >= 11 is 63.4. The molecule has 0 spiro atoms. The summed E-state index contributed by atoms with van der Waals surface area (Å²) in [5.74, 6) is 0. The van der Waals surface area contributed by atoms with Gasteiger partial charge in [0.05, 0.1) is 0 Å². The molecular formula is C6H3Cl11. The molecule has 0 aromatic heterocycles. The summed E-state index contributed by atoms with van der Waals surface area (Å²) < 4.78 is -11.1. The van der Waals surface area contributed by atoms with E-state index in [1.54, 1.807) is 0 Å². The Morgan fingerprint density at radius 1 is 0.471 bits per heavy atom. The summed E-state index contributed by atoms with van der Waals surface area (Å²) in [6.07, 6.45) is 0. The van der Waals surface area contributed by atoms with Crippen LogP contribution < -0.4 is 0 Å². The highest BCUT2D eigenvalue weighted by atomic mass is 35.6. The molecule has 0 unspecified atom stereocenters. The molecule has 0 amide bonds. The number of alkyl halides is 11. The van der Waals surface area contributed by atoms with Crippen molar-refractivity contribution >= 4 is 128 Å². The smallest absolute Gasteiger partial charge is 0.0985 e. The SMILES string of the molecule is CC(Cl)(Cl)C(Cl)(Cl)C(Cl)(Cl)C(Cl)(Cl)C(Cl)(Cl)Cl. The molecular weight excluding hydrogens is 462 g/mol. The van der Waals surface area contributed by atoms with Crippen LogP contribution in [0.3, 0.4) is 0 Å². The summed E-state index contributed by atoms with van der Waals surface area (Å²) in [6.45, 7) is 1.22. The van der Waals surface area contributed by atoms with Gasteiger partial charge in [-0.15, -0.1) is 0 Å². The monoisotopic (exact) mass is 460 g/mol. The molecule has 0 aromatic carbocycles. The lowest BCUT2D eigenvalue weighted by molar-refractivity contribution is 0.548. The van der Waals surface area contributed by atoms with Crippen molar-refractivity contribution in [3.63, 3.8) is 0 Å². The van der Waals surface area contributed by atoms with Crippen LogP contribution in [0.5, 0.6) is 0 Å².